The molecule has 0 saturated carbocycles. The molecule has 0 aliphatic rings. The van der Waals surface area contributed by atoms with E-state index in [0.29, 0.717) is 18.5 Å². The van der Waals surface area contributed by atoms with Gasteiger partial charge in [-0.1, -0.05) is 6.07 Å². The highest BCUT2D eigenvalue weighted by Gasteiger charge is 2.30. The molecule has 0 saturated heterocycles. The third-order valence-corrected chi connectivity index (χ3v) is 2.45. The summed E-state index contributed by atoms with van der Waals surface area (Å²) in [6.45, 7) is 2.01. The lowest BCUT2D eigenvalue weighted by molar-refractivity contribution is -0.137. The molecule has 3 N–H and O–H groups in total. The quantitative estimate of drug-likeness (QED) is 0.897. The molecular weight excluding hydrogens is 281 g/mol. The van der Waals surface area contributed by atoms with Gasteiger partial charge in [0.15, 0.2) is 0 Å². The zero-order valence-corrected chi connectivity index (χ0v) is 11.2. The highest BCUT2D eigenvalue weighted by atomic mass is 35.5. The number of rotatable bonds is 4. The van der Waals surface area contributed by atoms with Crippen molar-refractivity contribution in [3.8, 4) is 0 Å². The molecule has 1 amide bonds. The van der Waals surface area contributed by atoms with Crippen LogP contribution >= 0.6 is 12.4 Å². The number of aryl methyl sites for hydroxylation is 1. The minimum Gasteiger partial charge on any atom is -0.330 e. The Kier molecular flexibility index (Phi) is 6.86. The molecule has 0 bridgehead atoms. The van der Waals surface area contributed by atoms with Gasteiger partial charge in [0, 0.05) is 12.1 Å². The fraction of sp³-hybridized carbons (Fsp3) is 0.417. The number of carbonyl (C=O) groups excluding carboxylic acids is 1. The normalized spacial score (nSPS) is 10.8. The minimum absolute atomic E-state index is 0. The van der Waals surface area contributed by atoms with E-state index in [1.807, 2.05) is 0 Å². The Bertz CT molecular complexity index is 435. The van der Waals surface area contributed by atoms with E-state index in [1.165, 1.54) is 6.07 Å². The van der Waals surface area contributed by atoms with Crippen LogP contribution in [-0.4, -0.2) is 12.5 Å². The number of carbonyl (C=O) groups is 1. The number of nitrogens with one attached hydrogen (secondary N) is 1. The number of anilines is 1. The summed E-state index contributed by atoms with van der Waals surface area (Å²) in [5.74, 6) is -0.331. The molecule has 0 radical (unpaired) electrons. The van der Waals surface area contributed by atoms with E-state index >= 15 is 0 Å². The zero-order valence-electron chi connectivity index (χ0n) is 10.4. The van der Waals surface area contributed by atoms with Crippen LogP contribution in [0.3, 0.4) is 0 Å². The van der Waals surface area contributed by atoms with Crippen LogP contribution in [0.4, 0.5) is 18.9 Å². The first-order chi connectivity index (χ1) is 8.34. The second-order valence-corrected chi connectivity index (χ2v) is 3.97. The van der Waals surface area contributed by atoms with Crippen LogP contribution in [0, 0.1) is 6.92 Å². The van der Waals surface area contributed by atoms with Gasteiger partial charge in [0.25, 0.3) is 0 Å². The Hall–Kier alpha value is -1.27. The molecule has 1 aromatic rings. The molecule has 3 nitrogen and oxygen atoms in total. The van der Waals surface area contributed by atoms with Gasteiger partial charge in [0.2, 0.25) is 5.91 Å². The molecule has 19 heavy (non-hydrogen) atoms. The fourth-order valence-corrected chi connectivity index (χ4v) is 1.41. The Balaban J connectivity index is 0.00000324. The molecule has 0 spiro atoms. The van der Waals surface area contributed by atoms with Gasteiger partial charge in [-0.15, -0.1) is 12.4 Å². The van der Waals surface area contributed by atoms with E-state index in [9.17, 15) is 18.0 Å². The first kappa shape index (κ1) is 17.7. The van der Waals surface area contributed by atoms with Crippen molar-refractivity contribution in [1.82, 2.24) is 0 Å². The highest BCUT2D eigenvalue weighted by Crippen LogP contribution is 2.32. The first-order valence-electron chi connectivity index (χ1n) is 5.52. The molecule has 1 rings (SSSR count). The molecule has 0 heterocycles. The number of amides is 1. The standard InChI is InChI=1S/C12H15F3N2O.ClH/c1-8-4-5-9(12(13,14)15)7-10(8)17-11(18)3-2-6-16;/h4-5,7H,2-3,6,16H2,1H3,(H,17,18);1H. The summed E-state index contributed by atoms with van der Waals surface area (Å²) in [5, 5.41) is 2.46. The van der Waals surface area contributed by atoms with Crippen molar-refractivity contribution >= 4 is 24.0 Å². The summed E-state index contributed by atoms with van der Waals surface area (Å²) < 4.78 is 37.5. The molecule has 0 atom stereocenters. The monoisotopic (exact) mass is 296 g/mol. The summed E-state index contributed by atoms with van der Waals surface area (Å²) in [4.78, 5) is 11.4. The predicted octanol–water partition coefficient (Wildman–Crippen LogP) is 3.11. The van der Waals surface area contributed by atoms with Crippen LogP contribution in [0.15, 0.2) is 18.2 Å². The van der Waals surface area contributed by atoms with Crippen LogP contribution in [-0.2, 0) is 11.0 Å². The number of benzene rings is 1. The Morgan fingerprint density at radius 3 is 2.53 bits per heavy atom. The highest BCUT2D eigenvalue weighted by molar-refractivity contribution is 5.91. The summed E-state index contributed by atoms with van der Waals surface area (Å²) >= 11 is 0. The van der Waals surface area contributed by atoms with Gasteiger partial charge in [-0.05, 0) is 37.6 Å². The first-order valence-corrected chi connectivity index (χ1v) is 5.52. The lowest BCUT2D eigenvalue weighted by Gasteiger charge is -2.12. The lowest BCUT2D eigenvalue weighted by atomic mass is 10.1. The third kappa shape index (κ3) is 5.48. The Morgan fingerprint density at radius 2 is 2.00 bits per heavy atom. The average Bonchev–Trinajstić information content (AvgIpc) is 2.28. The average molecular weight is 297 g/mol. The van der Waals surface area contributed by atoms with Crippen molar-refractivity contribution in [2.75, 3.05) is 11.9 Å². The smallest absolute Gasteiger partial charge is 0.330 e. The van der Waals surface area contributed by atoms with Gasteiger partial charge in [-0.2, -0.15) is 13.2 Å². The fourth-order valence-electron chi connectivity index (χ4n) is 1.41. The summed E-state index contributed by atoms with van der Waals surface area (Å²) in [5.41, 5.74) is 5.25. The summed E-state index contributed by atoms with van der Waals surface area (Å²) in [7, 11) is 0. The minimum atomic E-state index is -4.41. The number of hydrogen-bond donors (Lipinski definition) is 2. The van der Waals surface area contributed by atoms with Crippen LogP contribution in [0.25, 0.3) is 0 Å². The maximum absolute atomic E-state index is 12.5. The second-order valence-electron chi connectivity index (χ2n) is 3.97. The van der Waals surface area contributed by atoms with Gasteiger partial charge < -0.3 is 11.1 Å². The summed E-state index contributed by atoms with van der Waals surface area (Å²) in [6, 6.07) is 3.27. The molecule has 0 unspecified atom stereocenters. The van der Waals surface area contributed by atoms with Crippen LogP contribution < -0.4 is 11.1 Å². The SMILES string of the molecule is Cc1ccc(C(F)(F)F)cc1NC(=O)CCCN.Cl. The molecule has 1 aromatic carbocycles. The molecule has 0 fully saturated rings. The van der Waals surface area contributed by atoms with Crippen molar-refractivity contribution in [2.45, 2.75) is 25.9 Å². The zero-order chi connectivity index (χ0) is 13.8. The van der Waals surface area contributed by atoms with Gasteiger partial charge in [-0.25, -0.2) is 0 Å². The van der Waals surface area contributed by atoms with Crippen molar-refractivity contribution in [2.24, 2.45) is 5.73 Å². The van der Waals surface area contributed by atoms with E-state index < -0.39 is 11.7 Å². The molecule has 7 heteroatoms. The van der Waals surface area contributed by atoms with E-state index in [4.69, 9.17) is 5.73 Å². The van der Waals surface area contributed by atoms with E-state index in [0.717, 1.165) is 12.1 Å². The van der Waals surface area contributed by atoms with Gasteiger partial charge in [0.1, 0.15) is 0 Å². The van der Waals surface area contributed by atoms with E-state index in [-0.39, 0.29) is 30.4 Å². The largest absolute Gasteiger partial charge is 0.416 e. The predicted molar refractivity (Wildman–Crippen MR) is 70.3 cm³/mol. The number of hydrogen-bond acceptors (Lipinski definition) is 2. The van der Waals surface area contributed by atoms with Gasteiger partial charge in [0.05, 0.1) is 5.56 Å². The third-order valence-electron chi connectivity index (χ3n) is 2.45. The van der Waals surface area contributed by atoms with Crippen molar-refractivity contribution < 1.29 is 18.0 Å². The van der Waals surface area contributed by atoms with Crippen molar-refractivity contribution in [3.05, 3.63) is 29.3 Å². The van der Waals surface area contributed by atoms with E-state index in [1.54, 1.807) is 6.92 Å². The van der Waals surface area contributed by atoms with Crippen molar-refractivity contribution in [1.29, 1.82) is 0 Å². The van der Waals surface area contributed by atoms with Crippen LogP contribution in [0.2, 0.25) is 0 Å². The molecule has 0 aromatic heterocycles. The van der Waals surface area contributed by atoms with Crippen LogP contribution in [0.1, 0.15) is 24.0 Å². The van der Waals surface area contributed by atoms with Crippen molar-refractivity contribution in [3.63, 3.8) is 0 Å². The molecule has 0 aliphatic carbocycles. The van der Waals surface area contributed by atoms with Gasteiger partial charge in [-0.3, -0.25) is 4.79 Å². The lowest BCUT2D eigenvalue weighted by Crippen LogP contribution is -2.15. The number of alkyl halides is 3. The second kappa shape index (κ2) is 7.35. The Labute approximate surface area is 115 Å². The molecule has 108 valence electrons. The topological polar surface area (TPSA) is 55.1 Å². The molecule has 0 aliphatic heterocycles. The maximum Gasteiger partial charge on any atom is 0.416 e. The van der Waals surface area contributed by atoms with E-state index in [2.05, 4.69) is 5.32 Å². The Morgan fingerprint density at radius 1 is 1.37 bits per heavy atom. The van der Waals surface area contributed by atoms with Crippen LogP contribution in [0.5, 0.6) is 0 Å². The number of halogens is 4. The molecular formula is C12H16ClF3N2O. The number of nitrogens with two attached hydrogens (primary N) is 1. The maximum atomic E-state index is 12.5. The summed E-state index contributed by atoms with van der Waals surface area (Å²) in [6.07, 6.45) is -3.71. The van der Waals surface area contributed by atoms with Gasteiger partial charge >= 0.3 is 6.18 Å².